The predicted molar refractivity (Wildman–Crippen MR) is 70.1 cm³/mol. The van der Waals surface area contributed by atoms with Crippen LogP contribution in [0.3, 0.4) is 0 Å². The van der Waals surface area contributed by atoms with Crippen molar-refractivity contribution in [2.45, 2.75) is 70.7 Å². The molecule has 0 N–H and O–H groups in total. The SMILES string of the molecule is CC(=O)O[C@H]1C[C@@H]2CC(=O)C[C@@H]1N2C(=O)OC(C)(C)C. The Bertz CT molecular complexity index is 439. The summed E-state index contributed by atoms with van der Waals surface area (Å²) in [5.74, 6) is -0.284. The average molecular weight is 283 g/mol. The second-order valence-corrected chi connectivity index (χ2v) is 6.44. The lowest BCUT2D eigenvalue weighted by molar-refractivity contribution is -0.148. The quantitative estimate of drug-likeness (QED) is 0.684. The van der Waals surface area contributed by atoms with E-state index in [1.807, 2.05) is 0 Å². The molecule has 2 heterocycles. The number of carbonyl (C=O) groups is 3. The maximum Gasteiger partial charge on any atom is 0.410 e. The van der Waals surface area contributed by atoms with Gasteiger partial charge in [-0.15, -0.1) is 0 Å². The number of ether oxygens (including phenoxy) is 2. The molecule has 6 heteroatoms. The van der Waals surface area contributed by atoms with E-state index in [0.29, 0.717) is 12.8 Å². The monoisotopic (exact) mass is 283 g/mol. The van der Waals surface area contributed by atoms with E-state index >= 15 is 0 Å². The number of hydrogen-bond donors (Lipinski definition) is 0. The number of nitrogens with zero attached hydrogens (tertiary/aromatic N) is 1. The van der Waals surface area contributed by atoms with Crippen molar-refractivity contribution in [1.29, 1.82) is 0 Å². The Balaban J connectivity index is 2.15. The Hall–Kier alpha value is -1.59. The molecule has 3 atom stereocenters. The summed E-state index contributed by atoms with van der Waals surface area (Å²) in [7, 11) is 0. The first-order chi connectivity index (χ1) is 9.17. The molecule has 0 unspecified atom stereocenters. The first-order valence-corrected chi connectivity index (χ1v) is 6.87. The summed E-state index contributed by atoms with van der Waals surface area (Å²) in [4.78, 5) is 36.7. The number of esters is 1. The van der Waals surface area contributed by atoms with Gasteiger partial charge < -0.3 is 9.47 Å². The fraction of sp³-hybridized carbons (Fsp3) is 0.786. The van der Waals surface area contributed by atoms with E-state index < -0.39 is 17.8 Å². The van der Waals surface area contributed by atoms with Crippen LogP contribution in [0.15, 0.2) is 0 Å². The molecule has 112 valence electrons. The van der Waals surface area contributed by atoms with Gasteiger partial charge in [0.25, 0.3) is 0 Å². The molecule has 0 aromatic carbocycles. The predicted octanol–water partition coefficient (Wildman–Crippen LogP) is 1.66. The van der Waals surface area contributed by atoms with Gasteiger partial charge in [0.1, 0.15) is 17.5 Å². The number of rotatable bonds is 1. The molecule has 0 spiro atoms. The highest BCUT2D eigenvalue weighted by atomic mass is 16.6. The van der Waals surface area contributed by atoms with Crippen molar-refractivity contribution in [3.05, 3.63) is 0 Å². The summed E-state index contributed by atoms with van der Waals surface area (Å²) >= 11 is 0. The van der Waals surface area contributed by atoms with E-state index in [9.17, 15) is 14.4 Å². The van der Waals surface area contributed by atoms with Crippen LogP contribution < -0.4 is 0 Å². The summed E-state index contributed by atoms with van der Waals surface area (Å²) in [5, 5.41) is 0. The van der Waals surface area contributed by atoms with E-state index in [0.717, 1.165) is 0 Å². The second kappa shape index (κ2) is 5.07. The Morgan fingerprint density at radius 3 is 2.45 bits per heavy atom. The lowest BCUT2D eigenvalue weighted by atomic mass is 10.0. The zero-order valence-corrected chi connectivity index (χ0v) is 12.3. The number of amides is 1. The molecule has 2 aliphatic rings. The standard InChI is InChI=1S/C14H21NO5/c1-8(16)19-12-6-9-5-10(17)7-11(12)15(9)13(18)20-14(2,3)4/h9,11-12H,5-7H2,1-4H3/t9-,11-,12-/m0/s1. The van der Waals surface area contributed by atoms with E-state index in [1.165, 1.54) is 6.92 Å². The third-order valence-electron chi connectivity index (χ3n) is 3.51. The van der Waals surface area contributed by atoms with Crippen LogP contribution in [-0.4, -0.2) is 46.5 Å². The number of ketones is 1. The minimum Gasteiger partial charge on any atom is -0.460 e. The molecule has 2 bridgehead atoms. The molecule has 0 radical (unpaired) electrons. The lowest BCUT2D eigenvalue weighted by Gasteiger charge is -2.35. The van der Waals surface area contributed by atoms with Crippen molar-refractivity contribution < 1.29 is 23.9 Å². The number of piperidine rings is 1. The average Bonchev–Trinajstić information content (AvgIpc) is 2.44. The van der Waals surface area contributed by atoms with Crippen molar-refractivity contribution in [2.24, 2.45) is 0 Å². The van der Waals surface area contributed by atoms with E-state index in [4.69, 9.17) is 9.47 Å². The topological polar surface area (TPSA) is 72.9 Å². The van der Waals surface area contributed by atoms with E-state index in [2.05, 4.69) is 0 Å². The molecular formula is C14H21NO5. The molecule has 2 aliphatic heterocycles. The molecule has 1 amide bonds. The largest absolute Gasteiger partial charge is 0.460 e. The normalized spacial score (nSPS) is 29.3. The Morgan fingerprint density at radius 2 is 1.90 bits per heavy atom. The van der Waals surface area contributed by atoms with Crippen LogP contribution >= 0.6 is 0 Å². The van der Waals surface area contributed by atoms with Gasteiger partial charge in [0.15, 0.2) is 0 Å². The molecule has 2 rings (SSSR count). The number of hydrogen-bond acceptors (Lipinski definition) is 5. The van der Waals surface area contributed by atoms with Crippen LogP contribution in [0.1, 0.15) is 47.0 Å². The highest BCUT2D eigenvalue weighted by molar-refractivity contribution is 5.84. The highest BCUT2D eigenvalue weighted by Crippen LogP contribution is 2.37. The van der Waals surface area contributed by atoms with Gasteiger partial charge in [0, 0.05) is 32.2 Å². The Labute approximate surface area is 118 Å². The van der Waals surface area contributed by atoms with Gasteiger partial charge in [-0.05, 0) is 20.8 Å². The van der Waals surface area contributed by atoms with Crippen molar-refractivity contribution in [3.63, 3.8) is 0 Å². The molecule has 0 aromatic rings. The molecule has 6 nitrogen and oxygen atoms in total. The van der Waals surface area contributed by atoms with Crippen molar-refractivity contribution >= 4 is 17.8 Å². The lowest BCUT2D eigenvalue weighted by Crippen LogP contribution is -2.50. The summed E-state index contributed by atoms with van der Waals surface area (Å²) in [6.07, 6.45) is 0.210. The van der Waals surface area contributed by atoms with Gasteiger partial charge in [-0.25, -0.2) is 4.79 Å². The van der Waals surface area contributed by atoms with Gasteiger partial charge in [-0.1, -0.05) is 0 Å². The van der Waals surface area contributed by atoms with Crippen molar-refractivity contribution in [3.8, 4) is 0 Å². The zero-order valence-electron chi connectivity index (χ0n) is 12.3. The van der Waals surface area contributed by atoms with Crippen molar-refractivity contribution in [1.82, 2.24) is 4.90 Å². The fourth-order valence-corrected chi connectivity index (χ4v) is 2.92. The maximum absolute atomic E-state index is 12.3. The maximum atomic E-state index is 12.3. The molecule has 0 aromatic heterocycles. The van der Waals surface area contributed by atoms with E-state index in [-0.39, 0.29) is 30.3 Å². The van der Waals surface area contributed by atoms with Crippen LogP contribution in [0.5, 0.6) is 0 Å². The molecule has 0 aliphatic carbocycles. The van der Waals surface area contributed by atoms with Crippen LogP contribution in [0.4, 0.5) is 4.79 Å². The van der Waals surface area contributed by atoms with Crippen LogP contribution in [0, 0.1) is 0 Å². The van der Waals surface area contributed by atoms with Gasteiger partial charge in [-0.2, -0.15) is 0 Å². The van der Waals surface area contributed by atoms with E-state index in [1.54, 1.807) is 25.7 Å². The third kappa shape index (κ3) is 3.11. The second-order valence-electron chi connectivity index (χ2n) is 6.44. The molecule has 2 fully saturated rings. The number of carbonyl (C=O) groups excluding carboxylic acids is 3. The summed E-state index contributed by atoms with van der Waals surface area (Å²) in [5.41, 5.74) is -0.588. The van der Waals surface area contributed by atoms with Gasteiger partial charge >= 0.3 is 12.1 Å². The minimum atomic E-state index is -0.588. The third-order valence-corrected chi connectivity index (χ3v) is 3.51. The smallest absolute Gasteiger partial charge is 0.410 e. The summed E-state index contributed by atoms with van der Waals surface area (Å²) < 4.78 is 10.6. The van der Waals surface area contributed by atoms with Gasteiger partial charge in [-0.3, -0.25) is 14.5 Å². The Kier molecular flexibility index (Phi) is 3.75. The van der Waals surface area contributed by atoms with Gasteiger partial charge in [0.2, 0.25) is 0 Å². The number of fused-ring (bicyclic) bond motifs is 2. The molecule has 20 heavy (non-hydrogen) atoms. The fourth-order valence-electron chi connectivity index (χ4n) is 2.92. The number of Topliss-reactive ketones (excluding diaryl/α,β-unsaturated/α-hetero) is 1. The van der Waals surface area contributed by atoms with Crippen molar-refractivity contribution in [2.75, 3.05) is 0 Å². The van der Waals surface area contributed by atoms with Crippen LogP contribution in [-0.2, 0) is 19.1 Å². The summed E-state index contributed by atoms with van der Waals surface area (Å²) in [6.45, 7) is 6.73. The molecule has 0 saturated carbocycles. The molecular weight excluding hydrogens is 262 g/mol. The Morgan fingerprint density at radius 1 is 1.25 bits per heavy atom. The van der Waals surface area contributed by atoms with Crippen LogP contribution in [0.2, 0.25) is 0 Å². The summed E-state index contributed by atoms with van der Waals surface area (Å²) in [6, 6.07) is -0.611. The first-order valence-electron chi connectivity index (χ1n) is 6.87. The highest BCUT2D eigenvalue weighted by Gasteiger charge is 2.51. The van der Waals surface area contributed by atoms with Gasteiger partial charge in [0.05, 0.1) is 6.04 Å². The zero-order chi connectivity index (χ0) is 15.1. The first kappa shape index (κ1) is 14.8. The minimum absolute atomic E-state index is 0.106. The van der Waals surface area contributed by atoms with Crippen LogP contribution in [0.25, 0.3) is 0 Å². The molecule has 2 saturated heterocycles.